The number of aliphatic imine (C=N–C) groups is 1. The molecule has 31 heavy (non-hydrogen) atoms. The van der Waals surface area contributed by atoms with Gasteiger partial charge in [-0.05, 0) is 31.5 Å². The second-order valence-electron chi connectivity index (χ2n) is 7.35. The van der Waals surface area contributed by atoms with E-state index in [-0.39, 0.29) is 30.0 Å². The predicted octanol–water partition coefficient (Wildman–Crippen LogP) is 3.55. The normalized spacial score (nSPS) is 15.8. The number of hydrogen-bond donors (Lipinski definition) is 1. The average molecular weight is 560 g/mol. The van der Waals surface area contributed by atoms with E-state index in [4.69, 9.17) is 14.5 Å². The number of ether oxygens (including phenoxy) is 2. The van der Waals surface area contributed by atoms with Gasteiger partial charge in [0.05, 0.1) is 50.2 Å². The number of halogens is 1. The number of aromatic nitrogens is 1. The van der Waals surface area contributed by atoms with Gasteiger partial charge in [0.2, 0.25) is 0 Å². The molecule has 0 spiro atoms. The molecule has 1 aliphatic rings. The van der Waals surface area contributed by atoms with Crippen molar-refractivity contribution in [1.29, 1.82) is 0 Å². The summed E-state index contributed by atoms with van der Waals surface area (Å²) in [6.45, 7) is 9.72. The Hall–Kier alpha value is -1.43. The minimum atomic E-state index is 0. The molecule has 2 aromatic rings. The Kier molecular flexibility index (Phi) is 11.0. The van der Waals surface area contributed by atoms with Crippen LogP contribution < -0.4 is 10.1 Å². The molecule has 1 fully saturated rings. The number of methoxy groups -OCH3 is 1. The number of nitrogens with one attached hydrogen (secondary N) is 1. The lowest BCUT2D eigenvalue weighted by Crippen LogP contribution is -2.42. The van der Waals surface area contributed by atoms with Gasteiger partial charge in [0.25, 0.3) is 0 Å². The van der Waals surface area contributed by atoms with E-state index < -0.39 is 0 Å². The van der Waals surface area contributed by atoms with E-state index in [0.717, 1.165) is 61.8 Å². The molecule has 1 N–H and O–H groups in total. The fourth-order valence-corrected chi connectivity index (χ4v) is 4.19. The lowest BCUT2D eigenvalue weighted by atomic mass is 10.0. The Labute approximate surface area is 206 Å². The number of thiazole rings is 1. The number of benzene rings is 1. The third kappa shape index (κ3) is 7.58. The molecule has 0 saturated carbocycles. The molecular formula is C22H34IN5O2S. The van der Waals surface area contributed by atoms with Crippen molar-refractivity contribution in [3.8, 4) is 5.75 Å². The largest absolute Gasteiger partial charge is 0.497 e. The van der Waals surface area contributed by atoms with Crippen molar-refractivity contribution in [3.05, 3.63) is 45.9 Å². The molecule has 1 aromatic carbocycles. The van der Waals surface area contributed by atoms with Crippen LogP contribution in [0.5, 0.6) is 5.75 Å². The highest BCUT2D eigenvalue weighted by atomic mass is 127. The zero-order valence-corrected chi connectivity index (χ0v) is 22.0. The van der Waals surface area contributed by atoms with Crippen LogP contribution in [0, 0.1) is 6.92 Å². The lowest BCUT2D eigenvalue weighted by Gasteiger charge is -2.34. The van der Waals surface area contributed by atoms with Gasteiger partial charge in [-0.15, -0.1) is 35.3 Å². The maximum absolute atomic E-state index is 5.57. The molecular weight excluding hydrogens is 525 g/mol. The zero-order chi connectivity index (χ0) is 21.3. The predicted molar refractivity (Wildman–Crippen MR) is 138 cm³/mol. The SMILES string of the molecule is CCNC(=NCC(c1ccc(OC)cc1)N1CCOCC1)N(C)Cc1csc(C)n1.I. The maximum Gasteiger partial charge on any atom is 0.194 e. The second kappa shape index (κ2) is 13.2. The lowest BCUT2D eigenvalue weighted by molar-refractivity contribution is 0.0179. The highest BCUT2D eigenvalue weighted by molar-refractivity contribution is 14.0. The number of guanidine groups is 1. The van der Waals surface area contributed by atoms with E-state index in [9.17, 15) is 0 Å². The molecule has 0 radical (unpaired) electrons. The van der Waals surface area contributed by atoms with E-state index in [0.29, 0.717) is 6.54 Å². The zero-order valence-electron chi connectivity index (χ0n) is 18.8. The summed E-state index contributed by atoms with van der Waals surface area (Å²) in [5.41, 5.74) is 2.32. The van der Waals surface area contributed by atoms with Crippen LogP contribution >= 0.6 is 35.3 Å². The quantitative estimate of drug-likeness (QED) is 0.304. The summed E-state index contributed by atoms with van der Waals surface area (Å²) in [6, 6.07) is 8.53. The smallest absolute Gasteiger partial charge is 0.194 e. The Morgan fingerprint density at radius 2 is 2.03 bits per heavy atom. The molecule has 0 bridgehead atoms. The van der Waals surface area contributed by atoms with Crippen molar-refractivity contribution in [1.82, 2.24) is 20.1 Å². The van der Waals surface area contributed by atoms with E-state index in [1.54, 1.807) is 18.4 Å². The molecule has 0 amide bonds. The molecule has 1 atom stereocenters. The summed E-state index contributed by atoms with van der Waals surface area (Å²) in [7, 11) is 3.76. The molecule has 1 aliphatic heterocycles. The first kappa shape index (κ1) is 25.8. The van der Waals surface area contributed by atoms with Gasteiger partial charge in [0, 0.05) is 32.1 Å². The Morgan fingerprint density at radius 1 is 1.32 bits per heavy atom. The summed E-state index contributed by atoms with van der Waals surface area (Å²) < 4.78 is 10.9. The third-order valence-electron chi connectivity index (χ3n) is 5.16. The summed E-state index contributed by atoms with van der Waals surface area (Å²) in [6.07, 6.45) is 0. The molecule has 0 aliphatic carbocycles. The van der Waals surface area contributed by atoms with Crippen molar-refractivity contribution in [2.75, 3.05) is 53.6 Å². The first-order valence-electron chi connectivity index (χ1n) is 10.5. The van der Waals surface area contributed by atoms with Gasteiger partial charge in [-0.25, -0.2) is 4.98 Å². The fraction of sp³-hybridized carbons (Fsp3) is 0.545. The first-order chi connectivity index (χ1) is 14.6. The van der Waals surface area contributed by atoms with Gasteiger partial charge in [-0.1, -0.05) is 12.1 Å². The second-order valence-corrected chi connectivity index (χ2v) is 8.41. The van der Waals surface area contributed by atoms with Crippen molar-refractivity contribution in [3.63, 3.8) is 0 Å². The van der Waals surface area contributed by atoms with Crippen molar-refractivity contribution in [2.45, 2.75) is 26.4 Å². The van der Waals surface area contributed by atoms with Crippen LogP contribution in [0.1, 0.15) is 29.2 Å². The highest BCUT2D eigenvalue weighted by Crippen LogP contribution is 2.24. The molecule has 9 heteroatoms. The third-order valence-corrected chi connectivity index (χ3v) is 5.99. The van der Waals surface area contributed by atoms with Gasteiger partial charge in [0.1, 0.15) is 5.75 Å². The van der Waals surface area contributed by atoms with Gasteiger partial charge in [-0.3, -0.25) is 9.89 Å². The molecule has 2 heterocycles. The number of morpholine rings is 1. The Balaban J connectivity index is 0.00000341. The molecule has 3 rings (SSSR count). The van der Waals surface area contributed by atoms with Crippen molar-refractivity contribution in [2.24, 2.45) is 4.99 Å². The molecule has 7 nitrogen and oxygen atoms in total. The molecule has 1 unspecified atom stereocenters. The first-order valence-corrected chi connectivity index (χ1v) is 11.3. The number of hydrogen-bond acceptors (Lipinski definition) is 6. The van der Waals surface area contributed by atoms with Gasteiger partial charge < -0.3 is 19.7 Å². The van der Waals surface area contributed by atoms with E-state index in [1.807, 2.05) is 19.1 Å². The van der Waals surface area contributed by atoms with Crippen LogP contribution in [-0.4, -0.2) is 74.3 Å². The maximum atomic E-state index is 5.57. The summed E-state index contributed by atoms with van der Waals surface area (Å²) >= 11 is 1.68. The summed E-state index contributed by atoms with van der Waals surface area (Å²) in [4.78, 5) is 14.2. The van der Waals surface area contributed by atoms with Crippen LogP contribution in [0.15, 0.2) is 34.6 Å². The number of rotatable bonds is 8. The monoisotopic (exact) mass is 559 g/mol. The van der Waals surface area contributed by atoms with Crippen molar-refractivity contribution < 1.29 is 9.47 Å². The van der Waals surface area contributed by atoms with E-state index in [2.05, 4.69) is 51.6 Å². The highest BCUT2D eigenvalue weighted by Gasteiger charge is 2.23. The minimum Gasteiger partial charge on any atom is -0.497 e. The topological polar surface area (TPSA) is 62.2 Å². The molecule has 172 valence electrons. The van der Waals surface area contributed by atoms with E-state index >= 15 is 0 Å². The minimum absolute atomic E-state index is 0. The standard InChI is InChI=1S/C22H33N5O2S.HI/c1-5-23-22(26(3)15-19-16-30-17(2)25-19)24-14-21(27-10-12-29-13-11-27)18-6-8-20(28-4)9-7-18;/h6-9,16,21H,5,10-15H2,1-4H3,(H,23,24);1H. The van der Waals surface area contributed by atoms with E-state index in [1.165, 1.54) is 5.56 Å². The Bertz CT molecular complexity index is 808. The number of nitrogens with zero attached hydrogens (tertiary/aromatic N) is 4. The van der Waals surface area contributed by atoms with Gasteiger partial charge >= 0.3 is 0 Å². The fourth-order valence-electron chi connectivity index (χ4n) is 3.59. The van der Waals surface area contributed by atoms with Crippen LogP contribution in [0.3, 0.4) is 0 Å². The van der Waals surface area contributed by atoms with Crippen LogP contribution in [0.25, 0.3) is 0 Å². The van der Waals surface area contributed by atoms with Crippen molar-refractivity contribution >= 4 is 41.3 Å². The van der Waals surface area contributed by atoms with Gasteiger partial charge in [-0.2, -0.15) is 0 Å². The molecule has 1 aromatic heterocycles. The Morgan fingerprint density at radius 3 is 2.61 bits per heavy atom. The van der Waals surface area contributed by atoms with Crippen LogP contribution in [-0.2, 0) is 11.3 Å². The summed E-state index contributed by atoms with van der Waals surface area (Å²) in [5.74, 6) is 1.77. The average Bonchev–Trinajstić information content (AvgIpc) is 3.18. The van der Waals surface area contributed by atoms with Crippen LogP contribution in [0.2, 0.25) is 0 Å². The number of aryl methyl sites for hydroxylation is 1. The molecule has 1 saturated heterocycles. The van der Waals surface area contributed by atoms with Gasteiger partial charge in [0.15, 0.2) is 5.96 Å². The van der Waals surface area contributed by atoms with Crippen LogP contribution in [0.4, 0.5) is 0 Å². The summed E-state index contributed by atoms with van der Waals surface area (Å²) in [5, 5.41) is 6.63.